The Labute approximate surface area is 107 Å². The fourth-order valence-electron chi connectivity index (χ4n) is 1.39. The summed E-state index contributed by atoms with van der Waals surface area (Å²) in [7, 11) is -3.99. The Hall–Kier alpha value is -1.40. The van der Waals surface area contributed by atoms with E-state index in [1.165, 1.54) is 12.1 Å². The van der Waals surface area contributed by atoms with Gasteiger partial charge in [-0.15, -0.1) is 0 Å². The summed E-state index contributed by atoms with van der Waals surface area (Å²) in [5.41, 5.74) is 1.04. The number of hydrogen-bond acceptors (Lipinski definition) is 4. The van der Waals surface area contributed by atoms with Crippen molar-refractivity contribution in [2.45, 2.75) is 31.1 Å². The van der Waals surface area contributed by atoms with Crippen molar-refractivity contribution < 1.29 is 22.5 Å². The fourth-order valence-corrected chi connectivity index (χ4v) is 2.26. The van der Waals surface area contributed by atoms with Gasteiger partial charge in [-0.1, -0.05) is 26.0 Å². The second kappa shape index (κ2) is 5.97. The third-order valence-corrected chi connectivity index (χ3v) is 3.97. The lowest BCUT2D eigenvalue weighted by Crippen LogP contribution is -2.13. The Morgan fingerprint density at radius 3 is 2.33 bits per heavy atom. The van der Waals surface area contributed by atoms with Crippen LogP contribution in [0.15, 0.2) is 29.2 Å². The average molecular weight is 272 g/mol. The molecule has 0 aromatic heterocycles. The monoisotopic (exact) mass is 272 g/mol. The van der Waals surface area contributed by atoms with Crippen LogP contribution < -0.4 is 0 Å². The molecule has 1 N–H and O–H groups in total. The van der Waals surface area contributed by atoms with Crippen molar-refractivity contribution in [2.75, 3.05) is 6.61 Å². The zero-order valence-corrected chi connectivity index (χ0v) is 11.1. The summed E-state index contributed by atoms with van der Waals surface area (Å²) in [4.78, 5) is 10.2. The Balaban J connectivity index is 2.87. The van der Waals surface area contributed by atoms with E-state index in [9.17, 15) is 13.2 Å². The van der Waals surface area contributed by atoms with Crippen LogP contribution in [0.2, 0.25) is 0 Å². The van der Waals surface area contributed by atoms with Crippen molar-refractivity contribution >= 4 is 16.1 Å². The van der Waals surface area contributed by atoms with Crippen molar-refractivity contribution in [3.8, 4) is 0 Å². The summed E-state index contributed by atoms with van der Waals surface area (Å²) in [5.74, 6) is -0.975. The van der Waals surface area contributed by atoms with Crippen molar-refractivity contribution in [1.29, 1.82) is 0 Å². The number of benzene rings is 1. The summed E-state index contributed by atoms with van der Waals surface area (Å²) in [6.07, 6.45) is 0.960. The van der Waals surface area contributed by atoms with E-state index in [2.05, 4.69) is 4.18 Å². The van der Waals surface area contributed by atoms with Gasteiger partial charge in [0.15, 0.2) is 6.61 Å². The van der Waals surface area contributed by atoms with Crippen LogP contribution in [-0.2, 0) is 19.1 Å². The van der Waals surface area contributed by atoms with Gasteiger partial charge in [0.25, 0.3) is 10.1 Å². The molecule has 0 spiro atoms. The van der Waals surface area contributed by atoms with E-state index < -0.39 is 22.7 Å². The first kappa shape index (κ1) is 14.7. The van der Waals surface area contributed by atoms with Crippen LogP contribution in [0.1, 0.15) is 31.7 Å². The zero-order chi connectivity index (χ0) is 13.8. The van der Waals surface area contributed by atoms with Gasteiger partial charge in [0, 0.05) is 0 Å². The van der Waals surface area contributed by atoms with E-state index in [0.717, 1.165) is 12.0 Å². The third kappa shape index (κ3) is 3.82. The fraction of sp³-hybridized carbons (Fsp3) is 0.417. The topological polar surface area (TPSA) is 80.7 Å². The molecule has 0 aliphatic rings. The van der Waals surface area contributed by atoms with E-state index >= 15 is 0 Å². The quantitative estimate of drug-likeness (QED) is 0.801. The van der Waals surface area contributed by atoms with E-state index in [1.54, 1.807) is 12.1 Å². The minimum absolute atomic E-state index is 0.0317. The highest BCUT2D eigenvalue weighted by Gasteiger charge is 2.17. The van der Waals surface area contributed by atoms with Crippen LogP contribution in [0.25, 0.3) is 0 Å². The SMILES string of the molecule is CCC(C)c1ccc(S(=O)(=O)OCC(=O)O)cc1. The predicted molar refractivity (Wildman–Crippen MR) is 65.9 cm³/mol. The number of carbonyl (C=O) groups is 1. The molecule has 0 aliphatic carbocycles. The van der Waals surface area contributed by atoms with Gasteiger partial charge in [-0.3, -0.25) is 4.18 Å². The van der Waals surface area contributed by atoms with E-state index in [-0.39, 0.29) is 4.90 Å². The maximum absolute atomic E-state index is 11.6. The van der Waals surface area contributed by atoms with Crippen LogP contribution >= 0.6 is 0 Å². The van der Waals surface area contributed by atoms with Crippen LogP contribution in [0.3, 0.4) is 0 Å². The van der Waals surface area contributed by atoms with Crippen LogP contribution in [-0.4, -0.2) is 26.1 Å². The molecule has 1 atom stereocenters. The zero-order valence-electron chi connectivity index (χ0n) is 10.3. The second-order valence-electron chi connectivity index (χ2n) is 3.99. The second-order valence-corrected chi connectivity index (χ2v) is 5.60. The molecule has 6 heteroatoms. The molecule has 18 heavy (non-hydrogen) atoms. The number of rotatable bonds is 6. The third-order valence-electron chi connectivity index (χ3n) is 2.69. The van der Waals surface area contributed by atoms with E-state index in [1.807, 2.05) is 13.8 Å². The van der Waals surface area contributed by atoms with Crippen LogP contribution in [0.4, 0.5) is 0 Å². The summed E-state index contributed by atoms with van der Waals surface area (Å²) < 4.78 is 27.6. The first-order chi connectivity index (χ1) is 8.36. The summed E-state index contributed by atoms with van der Waals surface area (Å²) in [6.45, 7) is 3.23. The number of hydrogen-bond donors (Lipinski definition) is 1. The predicted octanol–water partition coefficient (Wildman–Crippen LogP) is 1.99. The summed E-state index contributed by atoms with van der Waals surface area (Å²) >= 11 is 0. The minimum atomic E-state index is -3.99. The molecular formula is C12H16O5S. The largest absolute Gasteiger partial charge is 0.479 e. The lowest BCUT2D eigenvalue weighted by atomic mass is 9.99. The Bertz CT molecular complexity index is 504. The number of carboxylic acid groups (broad SMARTS) is 1. The molecule has 1 unspecified atom stereocenters. The highest BCUT2D eigenvalue weighted by Crippen LogP contribution is 2.21. The first-order valence-corrected chi connectivity index (χ1v) is 6.99. The summed E-state index contributed by atoms with van der Waals surface area (Å²) in [5, 5.41) is 8.38. The van der Waals surface area contributed by atoms with Gasteiger partial charge >= 0.3 is 5.97 Å². The molecule has 0 amide bonds. The molecule has 100 valence electrons. The van der Waals surface area contributed by atoms with Crippen LogP contribution in [0.5, 0.6) is 0 Å². The van der Waals surface area contributed by atoms with Crippen molar-refractivity contribution in [2.24, 2.45) is 0 Å². The molecule has 0 aliphatic heterocycles. The first-order valence-electron chi connectivity index (χ1n) is 5.58. The average Bonchev–Trinajstić information content (AvgIpc) is 2.36. The van der Waals surface area contributed by atoms with Gasteiger partial charge in [-0.2, -0.15) is 8.42 Å². The normalized spacial score (nSPS) is 13.2. The van der Waals surface area contributed by atoms with E-state index in [0.29, 0.717) is 5.92 Å². The molecular weight excluding hydrogens is 256 g/mol. The van der Waals surface area contributed by atoms with Gasteiger partial charge in [0.1, 0.15) is 0 Å². The molecule has 5 nitrogen and oxygen atoms in total. The van der Waals surface area contributed by atoms with Gasteiger partial charge in [0.2, 0.25) is 0 Å². The lowest BCUT2D eigenvalue weighted by Gasteiger charge is -2.09. The van der Waals surface area contributed by atoms with Crippen LogP contribution in [0, 0.1) is 0 Å². The molecule has 0 heterocycles. The molecule has 1 rings (SSSR count). The minimum Gasteiger partial charge on any atom is -0.479 e. The Morgan fingerprint density at radius 1 is 1.33 bits per heavy atom. The van der Waals surface area contributed by atoms with Crippen molar-refractivity contribution in [3.63, 3.8) is 0 Å². The van der Waals surface area contributed by atoms with Crippen molar-refractivity contribution in [1.82, 2.24) is 0 Å². The molecule has 1 aromatic rings. The molecule has 1 aromatic carbocycles. The van der Waals surface area contributed by atoms with Crippen molar-refractivity contribution in [3.05, 3.63) is 29.8 Å². The van der Waals surface area contributed by atoms with Gasteiger partial charge in [-0.25, -0.2) is 4.79 Å². The number of aliphatic carboxylic acids is 1. The Morgan fingerprint density at radius 2 is 1.89 bits per heavy atom. The lowest BCUT2D eigenvalue weighted by molar-refractivity contribution is -0.139. The molecule has 0 saturated carbocycles. The highest BCUT2D eigenvalue weighted by atomic mass is 32.2. The van der Waals surface area contributed by atoms with E-state index in [4.69, 9.17) is 5.11 Å². The molecule has 0 saturated heterocycles. The Kier molecular flexibility index (Phi) is 4.86. The highest BCUT2D eigenvalue weighted by molar-refractivity contribution is 7.86. The van der Waals surface area contributed by atoms with Gasteiger partial charge in [0.05, 0.1) is 4.90 Å². The standard InChI is InChI=1S/C12H16O5S/c1-3-9(2)10-4-6-11(7-5-10)18(15,16)17-8-12(13)14/h4-7,9H,3,8H2,1-2H3,(H,13,14). The summed E-state index contributed by atoms with van der Waals surface area (Å²) in [6, 6.07) is 6.29. The number of carboxylic acids is 1. The molecule has 0 radical (unpaired) electrons. The maximum atomic E-state index is 11.6. The van der Waals surface area contributed by atoms with Gasteiger partial charge < -0.3 is 5.11 Å². The smallest absolute Gasteiger partial charge is 0.331 e. The van der Waals surface area contributed by atoms with Gasteiger partial charge in [-0.05, 0) is 30.0 Å². The maximum Gasteiger partial charge on any atom is 0.331 e. The molecule has 0 bridgehead atoms. The molecule has 0 fully saturated rings.